The minimum absolute atomic E-state index is 0. The van der Waals surface area contributed by atoms with E-state index in [4.69, 9.17) is 0 Å². The predicted octanol–water partition coefficient (Wildman–Crippen LogP) is 11.8. The van der Waals surface area contributed by atoms with Gasteiger partial charge in [-0.1, -0.05) is 60.7 Å². The van der Waals surface area contributed by atoms with Gasteiger partial charge in [-0.25, -0.2) is 0 Å². The van der Waals surface area contributed by atoms with Crippen LogP contribution in [0.5, 0.6) is 0 Å². The molecule has 7 rings (SSSR count). The molecule has 7 aromatic rings. The summed E-state index contributed by atoms with van der Waals surface area (Å²) in [6, 6.07) is 40.8. The monoisotopic (exact) mass is 913 g/mol. The predicted molar refractivity (Wildman–Crippen MR) is 199 cm³/mol. The summed E-state index contributed by atoms with van der Waals surface area (Å²) >= 11 is 0. The second-order valence-electron chi connectivity index (χ2n) is 11.5. The van der Waals surface area contributed by atoms with E-state index in [1.54, 1.807) is 12.4 Å². The van der Waals surface area contributed by atoms with Gasteiger partial charge in [0.05, 0.1) is 22.4 Å². The van der Waals surface area contributed by atoms with Crippen molar-refractivity contribution in [3.05, 3.63) is 146 Å². The Morgan fingerprint density at radius 3 is 1.02 bits per heavy atom. The fourth-order valence-corrected chi connectivity index (χ4v) is 4.61. The molecule has 0 spiro atoms. The molecule has 4 aromatic heterocycles. The van der Waals surface area contributed by atoms with Crippen LogP contribution >= 0.6 is 7.81 Å². The van der Waals surface area contributed by atoms with Gasteiger partial charge in [0.25, 0.3) is 0 Å². The Bertz CT molecular complexity index is 1990. The van der Waals surface area contributed by atoms with Crippen LogP contribution in [0.2, 0.25) is 0 Å². The van der Waals surface area contributed by atoms with Gasteiger partial charge in [-0.05, 0) is 60.7 Å². The van der Waals surface area contributed by atoms with Crippen LogP contribution in [0.1, 0.15) is 0 Å². The first-order chi connectivity index (χ1) is 23.9. The number of benzene rings is 3. The van der Waals surface area contributed by atoms with E-state index in [2.05, 4.69) is 103 Å². The van der Waals surface area contributed by atoms with Gasteiger partial charge in [0.2, 0.25) is 0 Å². The van der Waals surface area contributed by atoms with Crippen molar-refractivity contribution >= 4 is 41.0 Å². The van der Waals surface area contributed by atoms with Crippen LogP contribution in [0.15, 0.2) is 146 Å². The van der Waals surface area contributed by atoms with E-state index in [9.17, 15) is 25.2 Å². The summed E-state index contributed by atoms with van der Waals surface area (Å²) in [6.45, 7) is 0. The van der Waals surface area contributed by atoms with Crippen LogP contribution in [0.25, 0.3) is 44.3 Å². The Labute approximate surface area is 311 Å². The van der Waals surface area contributed by atoms with Crippen molar-refractivity contribution < 1.29 is 45.0 Å². The van der Waals surface area contributed by atoms with Crippen molar-refractivity contribution in [3.8, 4) is 22.5 Å². The summed E-state index contributed by atoms with van der Waals surface area (Å²) in [6.07, 6.45) is 7.23. The van der Waals surface area contributed by atoms with E-state index in [-0.39, 0.29) is 19.8 Å². The zero-order valence-electron chi connectivity index (χ0n) is 28.6. The molecule has 0 amide bonds. The van der Waals surface area contributed by atoms with Gasteiger partial charge in [0, 0.05) is 106 Å². The molecule has 14 heteroatoms. The first kappa shape index (κ1) is 41.4. The van der Waals surface area contributed by atoms with Crippen molar-refractivity contribution in [1.29, 1.82) is 0 Å². The van der Waals surface area contributed by atoms with Crippen molar-refractivity contribution in [3.63, 3.8) is 0 Å². The molecule has 0 aliphatic carbocycles. The third-order valence-corrected chi connectivity index (χ3v) is 7.03. The molecule has 0 unspecified atom stereocenters. The number of aromatic nitrogens is 4. The van der Waals surface area contributed by atoms with Crippen LogP contribution in [0.3, 0.4) is 0 Å². The fraction of sp³-hybridized carbons (Fsp3) is 0.105. The van der Waals surface area contributed by atoms with E-state index in [1.165, 1.54) is 11.4 Å². The fourth-order valence-electron chi connectivity index (χ4n) is 4.61. The van der Waals surface area contributed by atoms with Gasteiger partial charge < -0.3 is 9.80 Å². The van der Waals surface area contributed by atoms with Crippen LogP contribution in [-0.2, 0) is 19.8 Å². The zero-order chi connectivity index (χ0) is 37.1. The van der Waals surface area contributed by atoms with E-state index in [1.807, 2.05) is 89.1 Å². The molecule has 0 N–H and O–H groups in total. The Morgan fingerprint density at radius 2 is 0.731 bits per heavy atom. The molecule has 52 heavy (non-hydrogen) atoms. The third kappa shape index (κ3) is 14.3. The SMILES string of the molecule is CN(C)c1ccc(-c2ccccn2)cc1.CN(C)c1ccc(-c2ccccn2)cc1.F[P-](F)(F)(F)(F)F.[Os].c1cnc2c(c1)ccc1cccnc12. The molecule has 0 atom stereocenters. The maximum absolute atomic E-state index is 10.7. The minimum atomic E-state index is -10.7. The second-order valence-corrected chi connectivity index (χ2v) is 13.4. The first-order valence-corrected chi connectivity index (χ1v) is 17.5. The summed E-state index contributed by atoms with van der Waals surface area (Å²) in [7, 11) is -2.51. The van der Waals surface area contributed by atoms with Gasteiger partial charge in [-0.3, -0.25) is 19.9 Å². The van der Waals surface area contributed by atoms with E-state index >= 15 is 0 Å². The van der Waals surface area contributed by atoms with Gasteiger partial charge in [-0.2, -0.15) is 0 Å². The number of nitrogens with zero attached hydrogens (tertiary/aromatic N) is 6. The molecule has 0 aliphatic rings. The average Bonchev–Trinajstić information content (AvgIpc) is 3.12. The zero-order valence-corrected chi connectivity index (χ0v) is 32.0. The van der Waals surface area contributed by atoms with E-state index in [0.29, 0.717) is 0 Å². The number of pyridine rings is 4. The van der Waals surface area contributed by atoms with Crippen molar-refractivity contribution in [2.24, 2.45) is 0 Å². The van der Waals surface area contributed by atoms with Crippen LogP contribution < -0.4 is 9.80 Å². The topological polar surface area (TPSA) is 58.0 Å². The molecule has 6 nitrogen and oxygen atoms in total. The minimum Gasteiger partial charge on any atom is -0.254 e. The van der Waals surface area contributed by atoms with Crippen molar-refractivity contribution in [2.45, 2.75) is 0 Å². The first-order valence-electron chi connectivity index (χ1n) is 15.5. The summed E-state index contributed by atoms with van der Waals surface area (Å²) in [5.74, 6) is 0. The number of rotatable bonds is 4. The number of anilines is 2. The van der Waals surface area contributed by atoms with Crippen LogP contribution in [-0.4, -0.2) is 48.1 Å². The number of hydrogen-bond donors (Lipinski definition) is 0. The molecule has 0 bridgehead atoms. The van der Waals surface area contributed by atoms with Crippen molar-refractivity contribution in [1.82, 2.24) is 19.9 Å². The quantitative estimate of drug-likeness (QED) is 0.0996. The molecule has 274 valence electrons. The van der Waals surface area contributed by atoms with E-state index in [0.717, 1.165) is 44.3 Å². The summed E-state index contributed by atoms with van der Waals surface area (Å²) < 4.78 is 59.2. The molecular formula is C38H36F6N6OsP-. The van der Waals surface area contributed by atoms with Gasteiger partial charge in [0.1, 0.15) is 0 Å². The smallest absolute Gasteiger partial charge is 0.0964 e. The van der Waals surface area contributed by atoms with E-state index < -0.39 is 7.81 Å². The average molecular weight is 912 g/mol. The van der Waals surface area contributed by atoms with Crippen molar-refractivity contribution in [2.75, 3.05) is 38.0 Å². The number of halogens is 6. The Morgan fingerprint density at radius 1 is 0.404 bits per heavy atom. The summed E-state index contributed by atoms with van der Waals surface area (Å²) in [5.41, 5.74) is 8.70. The molecule has 4 heterocycles. The summed E-state index contributed by atoms with van der Waals surface area (Å²) in [4.78, 5) is 21.5. The normalized spacial score (nSPS) is 11.8. The maximum atomic E-state index is 9.87. The second kappa shape index (κ2) is 17.0. The third-order valence-electron chi connectivity index (χ3n) is 7.03. The standard InChI is InChI=1S/2C13H14N2.C12H8N2.F6P.Os/c2*1-15(2)12-8-6-11(7-9-12)13-5-3-4-10-14-13;1-3-9-5-6-10-4-2-8-14-12(10)11(9)13-7-1;1-7(2,3,4,5)6;/h2*3-10H,1-2H3;1-8H;;/q;;;-1;. The molecule has 0 aliphatic heterocycles. The largest absolute Gasteiger partial charge is 0.254 e. The Balaban J connectivity index is 0.000000192. The number of hydrogen-bond acceptors (Lipinski definition) is 6. The molecular weight excluding hydrogens is 876 g/mol. The maximum Gasteiger partial charge on any atom is 0.0964 e. The number of fused-ring (bicyclic) bond motifs is 3. The summed E-state index contributed by atoms with van der Waals surface area (Å²) in [5, 5.41) is 2.28. The molecule has 0 radical (unpaired) electrons. The molecule has 0 fully saturated rings. The van der Waals surface area contributed by atoms with Crippen LogP contribution in [0.4, 0.5) is 36.6 Å². The van der Waals surface area contributed by atoms with Crippen LogP contribution in [0, 0.1) is 0 Å². The van der Waals surface area contributed by atoms with Gasteiger partial charge >= 0.3 is 33.0 Å². The van der Waals surface area contributed by atoms with Gasteiger partial charge in [-0.15, -0.1) is 0 Å². The van der Waals surface area contributed by atoms with Gasteiger partial charge in [0.15, 0.2) is 0 Å². The Kier molecular flexibility index (Phi) is 13.6. The molecule has 0 saturated carbocycles. The Hall–Kier alpha value is -4.97. The molecule has 3 aromatic carbocycles. The molecule has 0 saturated heterocycles.